The first-order chi connectivity index (χ1) is 13.8. The number of fused-ring (bicyclic) bond motifs is 1. The number of nitrogens with zero attached hydrogens (tertiary/aromatic N) is 2. The van der Waals surface area contributed by atoms with Gasteiger partial charge in [-0.1, -0.05) is 54.2 Å². The highest BCUT2D eigenvalue weighted by atomic mass is 32.2. The van der Waals surface area contributed by atoms with Crippen LogP contribution in [-0.4, -0.2) is 11.7 Å². The molecular weight excluding hydrogens is 380 g/mol. The molecule has 1 fully saturated rings. The first-order valence-corrected chi connectivity index (χ1v) is 10.9. The van der Waals surface area contributed by atoms with E-state index in [0.29, 0.717) is 0 Å². The lowest BCUT2D eigenvalue weighted by atomic mass is 10.1. The Kier molecular flexibility index (Phi) is 4.73. The zero-order valence-electron chi connectivity index (χ0n) is 15.2. The van der Waals surface area contributed by atoms with Crippen LogP contribution in [0, 0.1) is 0 Å². The minimum atomic E-state index is 0.835. The highest BCUT2D eigenvalue weighted by Gasteiger charge is 2.25. The van der Waals surface area contributed by atoms with Gasteiger partial charge in [0.15, 0.2) is 5.17 Å². The van der Waals surface area contributed by atoms with Crippen LogP contribution in [0.2, 0.25) is 0 Å². The van der Waals surface area contributed by atoms with Crippen molar-refractivity contribution in [2.45, 2.75) is 0 Å². The molecule has 28 heavy (non-hydrogen) atoms. The second kappa shape index (κ2) is 7.66. The minimum absolute atomic E-state index is 0.835. The van der Waals surface area contributed by atoms with Crippen molar-refractivity contribution in [3.05, 3.63) is 101 Å². The molecule has 4 aromatic rings. The van der Waals surface area contributed by atoms with E-state index in [2.05, 4.69) is 64.9 Å². The maximum Gasteiger partial charge on any atom is 0.173 e. The largest absolute Gasteiger partial charge is 0.316 e. The number of thiophene rings is 1. The van der Waals surface area contributed by atoms with Crippen molar-refractivity contribution in [3.63, 3.8) is 0 Å². The molecule has 0 bridgehead atoms. The van der Waals surface area contributed by atoms with Crippen LogP contribution in [0.3, 0.4) is 0 Å². The van der Waals surface area contributed by atoms with Gasteiger partial charge in [0.05, 0.1) is 12.2 Å². The van der Waals surface area contributed by atoms with Crippen LogP contribution < -0.4 is 4.90 Å². The molecular formula is C24H18N2S2. The summed E-state index contributed by atoms with van der Waals surface area (Å²) in [7, 11) is 0. The third-order valence-corrected chi connectivity index (χ3v) is 6.52. The van der Waals surface area contributed by atoms with Crippen molar-refractivity contribution in [2.24, 2.45) is 4.99 Å². The Morgan fingerprint density at radius 3 is 2.46 bits per heavy atom. The second-order valence-electron chi connectivity index (χ2n) is 6.58. The first-order valence-electron chi connectivity index (χ1n) is 9.17. The number of anilines is 1. The summed E-state index contributed by atoms with van der Waals surface area (Å²) >= 11 is 3.54. The van der Waals surface area contributed by atoms with Crippen LogP contribution in [0.1, 0.15) is 5.56 Å². The number of rotatable bonds is 3. The molecule has 1 aliphatic rings. The molecule has 1 saturated heterocycles. The molecule has 2 heterocycles. The molecule has 0 saturated carbocycles. The second-order valence-corrected chi connectivity index (χ2v) is 8.62. The topological polar surface area (TPSA) is 15.6 Å². The van der Waals surface area contributed by atoms with Gasteiger partial charge in [-0.25, -0.2) is 4.99 Å². The summed E-state index contributed by atoms with van der Waals surface area (Å²) in [4.78, 5) is 8.50. The summed E-state index contributed by atoms with van der Waals surface area (Å²) in [6.45, 7) is 0.835. The van der Waals surface area contributed by atoms with E-state index in [1.165, 1.54) is 26.2 Å². The summed E-state index contributed by atoms with van der Waals surface area (Å²) in [6, 6.07) is 29.5. The van der Waals surface area contributed by atoms with E-state index in [1.54, 1.807) is 23.1 Å². The van der Waals surface area contributed by atoms with Crippen molar-refractivity contribution in [1.82, 2.24) is 0 Å². The predicted octanol–water partition coefficient (Wildman–Crippen LogP) is 7.18. The molecule has 0 unspecified atom stereocenters. The number of benzene rings is 3. The van der Waals surface area contributed by atoms with Crippen molar-refractivity contribution >= 4 is 55.8 Å². The van der Waals surface area contributed by atoms with Crippen molar-refractivity contribution in [3.8, 4) is 0 Å². The fourth-order valence-corrected chi connectivity index (χ4v) is 5.10. The van der Waals surface area contributed by atoms with Gasteiger partial charge in [0.2, 0.25) is 0 Å². The van der Waals surface area contributed by atoms with Gasteiger partial charge in [-0.05, 0) is 64.9 Å². The Hall–Kier alpha value is -2.82. The van der Waals surface area contributed by atoms with Crippen LogP contribution in [0.15, 0.2) is 100 Å². The van der Waals surface area contributed by atoms with Crippen LogP contribution >= 0.6 is 23.1 Å². The molecule has 0 radical (unpaired) electrons. The fraction of sp³-hybridized carbons (Fsp3) is 0.0417. The van der Waals surface area contributed by atoms with Gasteiger partial charge in [-0.2, -0.15) is 0 Å². The van der Waals surface area contributed by atoms with Gasteiger partial charge in [0.1, 0.15) is 0 Å². The molecule has 0 aliphatic carbocycles. The number of hydrogen-bond acceptors (Lipinski definition) is 3. The standard InChI is InChI=1S/C24H18N2S2/c1-3-7-20(8-4-1)25-24-26(21-9-5-2-6-10-21)17-22(28-24)16-18-11-12-23-19(15-18)13-14-27-23/h1-16H,17H2/b22-16-,25-24-. The Bertz CT molecular complexity index is 1160. The Morgan fingerprint density at radius 1 is 0.857 bits per heavy atom. The smallest absolute Gasteiger partial charge is 0.173 e. The van der Waals surface area contributed by atoms with Gasteiger partial charge in [0.25, 0.3) is 0 Å². The normalized spacial score (nSPS) is 17.1. The molecule has 1 aromatic heterocycles. The number of hydrogen-bond donors (Lipinski definition) is 0. The van der Waals surface area contributed by atoms with E-state index in [0.717, 1.165) is 17.4 Å². The SMILES string of the molecule is C(=C1\CN(c2ccccc2)/C(=N/c2ccccc2)S1)/c1ccc2sccc2c1. The van der Waals surface area contributed by atoms with E-state index in [1.807, 2.05) is 36.4 Å². The van der Waals surface area contributed by atoms with E-state index in [4.69, 9.17) is 4.99 Å². The van der Waals surface area contributed by atoms with Crippen LogP contribution in [0.4, 0.5) is 11.4 Å². The molecule has 3 aromatic carbocycles. The molecule has 1 aliphatic heterocycles. The molecule has 4 heteroatoms. The van der Waals surface area contributed by atoms with Crippen molar-refractivity contribution in [1.29, 1.82) is 0 Å². The van der Waals surface area contributed by atoms with Crippen molar-refractivity contribution < 1.29 is 0 Å². The Labute approximate surface area is 172 Å². The summed E-state index contributed by atoms with van der Waals surface area (Å²) in [5.74, 6) is 0. The fourth-order valence-electron chi connectivity index (χ4n) is 3.27. The molecule has 0 amide bonds. The number of thioether (sulfide) groups is 1. The first kappa shape index (κ1) is 17.3. The highest BCUT2D eigenvalue weighted by Crippen LogP contribution is 2.36. The van der Waals surface area contributed by atoms with E-state index < -0.39 is 0 Å². The molecule has 0 spiro atoms. The van der Waals surface area contributed by atoms with Gasteiger partial charge in [-0.15, -0.1) is 11.3 Å². The third-order valence-electron chi connectivity index (χ3n) is 4.62. The van der Waals surface area contributed by atoms with Crippen LogP contribution in [0.5, 0.6) is 0 Å². The third kappa shape index (κ3) is 3.61. The van der Waals surface area contributed by atoms with E-state index in [9.17, 15) is 0 Å². The predicted molar refractivity (Wildman–Crippen MR) is 125 cm³/mol. The summed E-state index contributed by atoms with van der Waals surface area (Å²) < 4.78 is 1.33. The summed E-state index contributed by atoms with van der Waals surface area (Å²) in [5, 5.41) is 4.47. The average molecular weight is 399 g/mol. The molecule has 5 rings (SSSR count). The van der Waals surface area contributed by atoms with E-state index >= 15 is 0 Å². The quantitative estimate of drug-likeness (QED) is 0.363. The Morgan fingerprint density at radius 2 is 1.64 bits per heavy atom. The maximum absolute atomic E-state index is 4.92. The van der Waals surface area contributed by atoms with Crippen LogP contribution in [-0.2, 0) is 0 Å². The summed E-state index contributed by atoms with van der Waals surface area (Å²) in [6.07, 6.45) is 2.28. The van der Waals surface area contributed by atoms with Gasteiger partial charge in [0, 0.05) is 15.3 Å². The van der Waals surface area contributed by atoms with Gasteiger partial charge < -0.3 is 4.90 Å². The minimum Gasteiger partial charge on any atom is -0.316 e. The average Bonchev–Trinajstić information content (AvgIpc) is 3.36. The lowest BCUT2D eigenvalue weighted by molar-refractivity contribution is 1.16. The van der Waals surface area contributed by atoms with Gasteiger partial charge >= 0.3 is 0 Å². The van der Waals surface area contributed by atoms with Crippen LogP contribution in [0.25, 0.3) is 16.2 Å². The van der Waals surface area contributed by atoms with Crippen molar-refractivity contribution in [2.75, 3.05) is 11.4 Å². The number of amidine groups is 1. The van der Waals surface area contributed by atoms with E-state index in [-0.39, 0.29) is 0 Å². The van der Waals surface area contributed by atoms with Gasteiger partial charge in [-0.3, -0.25) is 0 Å². The molecule has 136 valence electrons. The number of para-hydroxylation sites is 2. The summed E-state index contributed by atoms with van der Waals surface area (Å²) in [5.41, 5.74) is 3.38. The molecule has 2 nitrogen and oxygen atoms in total. The molecule has 0 atom stereocenters. The highest BCUT2D eigenvalue weighted by molar-refractivity contribution is 8.18. The monoisotopic (exact) mass is 398 g/mol. The lowest BCUT2D eigenvalue weighted by Crippen LogP contribution is -2.23. The lowest BCUT2D eigenvalue weighted by Gasteiger charge is -2.17. The molecule has 0 N–H and O–H groups in total. The number of aliphatic imine (C=N–C) groups is 1. The zero-order valence-corrected chi connectivity index (χ0v) is 16.8. The Balaban J connectivity index is 1.51. The zero-order chi connectivity index (χ0) is 18.8. The maximum atomic E-state index is 4.92.